The maximum Gasteiger partial charge on any atom is 0.232 e. The lowest BCUT2D eigenvalue weighted by molar-refractivity contribution is 0.101. The molecule has 2 aromatic carbocycles. The Bertz CT molecular complexity index is 813. The van der Waals surface area contributed by atoms with E-state index in [1.807, 2.05) is 13.0 Å². The summed E-state index contributed by atoms with van der Waals surface area (Å²) in [4.78, 5) is 12.4. The average molecular weight is 282 g/mol. The van der Waals surface area contributed by atoms with Gasteiger partial charge >= 0.3 is 0 Å². The molecule has 0 aliphatic heterocycles. The van der Waals surface area contributed by atoms with Crippen molar-refractivity contribution in [2.75, 3.05) is 7.11 Å². The maximum absolute atomic E-state index is 12.4. The van der Waals surface area contributed by atoms with Crippen LogP contribution in [0.5, 0.6) is 11.5 Å². The fraction of sp³-hybridized carbons (Fsp3) is 0.118. The van der Waals surface area contributed by atoms with Crippen LogP contribution in [0.4, 0.5) is 0 Å². The van der Waals surface area contributed by atoms with Crippen molar-refractivity contribution in [3.05, 3.63) is 59.4 Å². The highest BCUT2D eigenvalue weighted by Crippen LogP contribution is 2.34. The van der Waals surface area contributed by atoms with Gasteiger partial charge in [0.05, 0.1) is 12.5 Å². The molecule has 0 bridgehead atoms. The summed E-state index contributed by atoms with van der Waals surface area (Å²) >= 11 is 0. The molecule has 0 saturated carbocycles. The molecule has 0 unspecified atom stereocenters. The fourth-order valence-corrected chi connectivity index (χ4v) is 2.23. The normalized spacial score (nSPS) is 10.8. The first-order valence-corrected chi connectivity index (χ1v) is 6.51. The molecule has 0 aliphatic carbocycles. The van der Waals surface area contributed by atoms with E-state index in [1.54, 1.807) is 43.5 Å². The van der Waals surface area contributed by atoms with E-state index in [1.165, 1.54) is 0 Å². The number of hydrogen-bond donors (Lipinski definition) is 1. The van der Waals surface area contributed by atoms with Crippen LogP contribution in [0.25, 0.3) is 11.0 Å². The van der Waals surface area contributed by atoms with Gasteiger partial charge in [0.1, 0.15) is 11.3 Å². The molecular weight excluding hydrogens is 268 g/mol. The van der Waals surface area contributed by atoms with E-state index in [0.29, 0.717) is 22.3 Å². The van der Waals surface area contributed by atoms with Gasteiger partial charge in [-0.15, -0.1) is 0 Å². The lowest BCUT2D eigenvalue weighted by Gasteiger charge is -2.01. The van der Waals surface area contributed by atoms with Crippen molar-refractivity contribution in [2.45, 2.75) is 6.92 Å². The highest BCUT2D eigenvalue weighted by Gasteiger charge is 2.21. The lowest BCUT2D eigenvalue weighted by atomic mass is 10.1. The van der Waals surface area contributed by atoms with Gasteiger partial charge in [0.25, 0.3) is 0 Å². The number of aromatic hydroxyl groups is 1. The van der Waals surface area contributed by atoms with Gasteiger partial charge in [-0.25, -0.2) is 0 Å². The Morgan fingerprint density at radius 2 is 1.86 bits per heavy atom. The molecule has 0 spiro atoms. The molecule has 0 saturated heterocycles. The van der Waals surface area contributed by atoms with Gasteiger partial charge in [0.15, 0.2) is 5.75 Å². The van der Waals surface area contributed by atoms with Crippen LogP contribution in [-0.4, -0.2) is 18.0 Å². The predicted octanol–water partition coefficient (Wildman–Crippen LogP) is 3.69. The molecule has 1 heterocycles. The van der Waals surface area contributed by atoms with Gasteiger partial charge in [-0.05, 0) is 43.3 Å². The average Bonchev–Trinajstić information content (AvgIpc) is 2.83. The minimum absolute atomic E-state index is 0.0410. The van der Waals surface area contributed by atoms with Gasteiger partial charge in [-0.2, -0.15) is 0 Å². The third-order valence-corrected chi connectivity index (χ3v) is 3.38. The summed E-state index contributed by atoms with van der Waals surface area (Å²) in [5, 5.41) is 10.8. The second-order valence-electron chi connectivity index (χ2n) is 4.84. The van der Waals surface area contributed by atoms with Crippen molar-refractivity contribution >= 4 is 16.8 Å². The van der Waals surface area contributed by atoms with E-state index >= 15 is 0 Å². The SMILES string of the molecule is COc1ccc(C(=O)c2oc3ccc(C)cc3c2O)cc1. The van der Waals surface area contributed by atoms with Gasteiger partial charge in [0, 0.05) is 5.56 Å². The molecule has 0 radical (unpaired) electrons. The third-order valence-electron chi connectivity index (χ3n) is 3.38. The standard InChI is InChI=1S/C17H14O4/c1-10-3-8-14-13(9-10)16(19)17(21-14)15(18)11-4-6-12(20-2)7-5-11/h3-9,19H,1-2H3. The quantitative estimate of drug-likeness (QED) is 0.744. The molecule has 0 aliphatic rings. The summed E-state index contributed by atoms with van der Waals surface area (Å²) < 4.78 is 10.6. The minimum Gasteiger partial charge on any atom is -0.504 e. The topological polar surface area (TPSA) is 59.7 Å². The van der Waals surface area contributed by atoms with Crippen molar-refractivity contribution < 1.29 is 19.1 Å². The summed E-state index contributed by atoms with van der Waals surface area (Å²) in [5.41, 5.74) is 1.92. The second-order valence-corrected chi connectivity index (χ2v) is 4.84. The Morgan fingerprint density at radius 1 is 1.14 bits per heavy atom. The van der Waals surface area contributed by atoms with Gasteiger partial charge < -0.3 is 14.3 Å². The number of carbonyl (C=O) groups is 1. The molecule has 0 atom stereocenters. The summed E-state index contributed by atoms with van der Waals surface area (Å²) in [6.45, 7) is 1.91. The Kier molecular flexibility index (Phi) is 3.14. The van der Waals surface area contributed by atoms with Crippen LogP contribution in [0.15, 0.2) is 46.9 Å². The highest BCUT2D eigenvalue weighted by molar-refractivity contribution is 6.11. The number of ether oxygens (including phenoxy) is 1. The van der Waals surface area contributed by atoms with E-state index in [9.17, 15) is 9.90 Å². The number of aryl methyl sites for hydroxylation is 1. The molecular formula is C17H14O4. The number of hydrogen-bond acceptors (Lipinski definition) is 4. The predicted molar refractivity (Wildman–Crippen MR) is 79.0 cm³/mol. The number of furan rings is 1. The summed E-state index contributed by atoms with van der Waals surface area (Å²) in [6.07, 6.45) is 0. The van der Waals surface area contributed by atoms with E-state index in [2.05, 4.69) is 0 Å². The van der Waals surface area contributed by atoms with E-state index < -0.39 is 0 Å². The summed E-state index contributed by atoms with van der Waals surface area (Å²) in [5.74, 6) is 0.148. The van der Waals surface area contributed by atoms with Crippen LogP contribution in [0.1, 0.15) is 21.7 Å². The number of ketones is 1. The zero-order chi connectivity index (χ0) is 15.0. The maximum atomic E-state index is 12.4. The number of fused-ring (bicyclic) bond motifs is 1. The van der Waals surface area contributed by atoms with Crippen molar-refractivity contribution in [1.29, 1.82) is 0 Å². The van der Waals surface area contributed by atoms with Crippen LogP contribution in [-0.2, 0) is 0 Å². The number of methoxy groups -OCH3 is 1. The van der Waals surface area contributed by atoms with E-state index in [0.717, 1.165) is 5.56 Å². The molecule has 21 heavy (non-hydrogen) atoms. The van der Waals surface area contributed by atoms with Crippen LogP contribution < -0.4 is 4.74 Å². The van der Waals surface area contributed by atoms with Crippen LogP contribution in [0, 0.1) is 6.92 Å². The molecule has 4 heteroatoms. The smallest absolute Gasteiger partial charge is 0.232 e. The van der Waals surface area contributed by atoms with Crippen molar-refractivity contribution in [3.63, 3.8) is 0 Å². The Hall–Kier alpha value is -2.75. The zero-order valence-corrected chi connectivity index (χ0v) is 11.7. The Labute approximate surface area is 121 Å². The number of rotatable bonds is 3. The molecule has 3 rings (SSSR count). The first kappa shape index (κ1) is 13.2. The van der Waals surface area contributed by atoms with Crippen molar-refractivity contribution in [3.8, 4) is 11.5 Å². The Balaban J connectivity index is 2.06. The second kappa shape index (κ2) is 4.98. The molecule has 4 nitrogen and oxygen atoms in total. The molecule has 1 N–H and O–H groups in total. The largest absolute Gasteiger partial charge is 0.504 e. The van der Waals surface area contributed by atoms with Gasteiger partial charge in [-0.1, -0.05) is 11.6 Å². The molecule has 1 aromatic heterocycles. The molecule has 3 aromatic rings. The van der Waals surface area contributed by atoms with Crippen molar-refractivity contribution in [2.24, 2.45) is 0 Å². The third kappa shape index (κ3) is 2.25. The molecule has 0 fully saturated rings. The van der Waals surface area contributed by atoms with Crippen LogP contribution in [0.3, 0.4) is 0 Å². The highest BCUT2D eigenvalue weighted by atomic mass is 16.5. The number of carbonyl (C=O) groups excluding carboxylic acids is 1. The van der Waals surface area contributed by atoms with Crippen molar-refractivity contribution in [1.82, 2.24) is 0 Å². The first-order chi connectivity index (χ1) is 10.1. The zero-order valence-electron chi connectivity index (χ0n) is 11.7. The Morgan fingerprint density at radius 3 is 2.52 bits per heavy atom. The van der Waals surface area contributed by atoms with E-state index in [4.69, 9.17) is 9.15 Å². The van der Waals surface area contributed by atoms with Gasteiger partial charge in [-0.3, -0.25) is 4.79 Å². The first-order valence-electron chi connectivity index (χ1n) is 6.51. The van der Waals surface area contributed by atoms with Gasteiger partial charge in [0.2, 0.25) is 11.5 Å². The molecule has 106 valence electrons. The minimum atomic E-state index is -0.357. The van der Waals surface area contributed by atoms with Crippen LogP contribution in [0.2, 0.25) is 0 Å². The summed E-state index contributed by atoms with van der Waals surface area (Å²) in [6, 6.07) is 12.1. The lowest BCUT2D eigenvalue weighted by Crippen LogP contribution is -1.99. The fourth-order valence-electron chi connectivity index (χ4n) is 2.23. The monoisotopic (exact) mass is 282 g/mol. The summed E-state index contributed by atoms with van der Waals surface area (Å²) in [7, 11) is 1.56. The molecule has 0 amide bonds. The van der Waals surface area contributed by atoms with E-state index in [-0.39, 0.29) is 17.3 Å². The van der Waals surface area contributed by atoms with Crippen LogP contribution >= 0.6 is 0 Å². The number of benzene rings is 2.